The molecule has 2 rings (SSSR count). The minimum atomic E-state index is -0.0612. The molecule has 0 unspecified atom stereocenters. The molecule has 1 aromatic heterocycles. The van der Waals surface area contributed by atoms with Crippen LogP contribution in [0.2, 0.25) is 0 Å². The van der Waals surface area contributed by atoms with Crippen molar-refractivity contribution in [3.8, 4) is 0 Å². The smallest absolute Gasteiger partial charge is 0.0808 e. The minimum Gasteiger partial charge on any atom is -0.369 e. The highest BCUT2D eigenvalue weighted by Gasteiger charge is 2.33. The van der Waals surface area contributed by atoms with Gasteiger partial charge in [-0.2, -0.15) is 5.10 Å². The van der Waals surface area contributed by atoms with Crippen LogP contribution < -0.4 is 5.73 Å². The van der Waals surface area contributed by atoms with E-state index in [-0.39, 0.29) is 5.60 Å². The van der Waals surface area contributed by atoms with Gasteiger partial charge < -0.3 is 10.5 Å². The van der Waals surface area contributed by atoms with Gasteiger partial charge in [-0.1, -0.05) is 12.8 Å². The Morgan fingerprint density at radius 1 is 1.50 bits per heavy atom. The number of aryl methyl sites for hydroxylation is 1. The van der Waals surface area contributed by atoms with Gasteiger partial charge in [0.05, 0.1) is 18.4 Å². The van der Waals surface area contributed by atoms with Crippen molar-refractivity contribution < 1.29 is 4.74 Å². The predicted octanol–water partition coefficient (Wildman–Crippen LogP) is 1.69. The maximum absolute atomic E-state index is 6.01. The van der Waals surface area contributed by atoms with E-state index in [2.05, 4.69) is 12.0 Å². The molecule has 4 heteroatoms. The first kappa shape index (κ1) is 11.6. The van der Waals surface area contributed by atoms with Gasteiger partial charge in [-0.25, -0.2) is 0 Å². The van der Waals surface area contributed by atoms with Gasteiger partial charge in [0.25, 0.3) is 0 Å². The highest BCUT2D eigenvalue weighted by molar-refractivity contribution is 5.02. The van der Waals surface area contributed by atoms with Crippen molar-refractivity contribution >= 4 is 0 Å². The topological polar surface area (TPSA) is 53.1 Å². The Morgan fingerprint density at radius 2 is 2.25 bits per heavy atom. The highest BCUT2D eigenvalue weighted by Crippen LogP contribution is 2.32. The molecular formula is C12H21N3O. The third kappa shape index (κ3) is 2.44. The Kier molecular flexibility index (Phi) is 3.61. The first-order chi connectivity index (χ1) is 7.78. The third-order valence-electron chi connectivity index (χ3n) is 3.44. The largest absolute Gasteiger partial charge is 0.369 e. The number of nitrogens with two attached hydrogens (primary N) is 1. The fraction of sp³-hybridized carbons (Fsp3) is 0.750. The lowest BCUT2D eigenvalue weighted by Gasteiger charge is -2.27. The lowest BCUT2D eigenvalue weighted by Crippen LogP contribution is -2.37. The normalized spacial score (nSPS) is 19.1. The molecule has 0 saturated heterocycles. The molecule has 1 saturated carbocycles. The molecule has 1 aliphatic rings. The van der Waals surface area contributed by atoms with Crippen molar-refractivity contribution in [3.05, 3.63) is 18.0 Å². The van der Waals surface area contributed by atoms with Crippen LogP contribution in [-0.2, 0) is 17.9 Å². The molecule has 1 aromatic rings. The summed E-state index contributed by atoms with van der Waals surface area (Å²) in [6.07, 6.45) is 8.61. The Bertz CT molecular complexity index is 329. The molecule has 0 aliphatic heterocycles. The maximum atomic E-state index is 6.01. The Labute approximate surface area is 96.8 Å². The van der Waals surface area contributed by atoms with E-state index in [4.69, 9.17) is 10.5 Å². The van der Waals surface area contributed by atoms with Gasteiger partial charge in [-0.05, 0) is 19.8 Å². The third-order valence-corrected chi connectivity index (χ3v) is 3.44. The summed E-state index contributed by atoms with van der Waals surface area (Å²) in [6, 6.07) is 0. The van der Waals surface area contributed by atoms with E-state index in [9.17, 15) is 0 Å². The summed E-state index contributed by atoms with van der Waals surface area (Å²) in [5, 5.41) is 4.23. The second kappa shape index (κ2) is 4.97. The van der Waals surface area contributed by atoms with Crippen LogP contribution in [0.4, 0.5) is 0 Å². The van der Waals surface area contributed by atoms with Crippen molar-refractivity contribution in [2.24, 2.45) is 5.73 Å². The van der Waals surface area contributed by atoms with Crippen LogP contribution in [0.3, 0.4) is 0 Å². The summed E-state index contributed by atoms with van der Waals surface area (Å²) in [6.45, 7) is 4.25. The molecule has 90 valence electrons. The minimum absolute atomic E-state index is 0.0612. The molecule has 0 amide bonds. The first-order valence-corrected chi connectivity index (χ1v) is 6.13. The van der Waals surface area contributed by atoms with E-state index in [1.165, 1.54) is 12.8 Å². The molecule has 0 spiro atoms. The van der Waals surface area contributed by atoms with E-state index in [0.29, 0.717) is 13.2 Å². The Morgan fingerprint density at radius 3 is 2.81 bits per heavy atom. The molecule has 0 atom stereocenters. The zero-order chi connectivity index (χ0) is 11.4. The van der Waals surface area contributed by atoms with E-state index in [0.717, 1.165) is 24.9 Å². The zero-order valence-corrected chi connectivity index (χ0v) is 9.98. The van der Waals surface area contributed by atoms with Gasteiger partial charge in [-0.15, -0.1) is 0 Å². The average molecular weight is 223 g/mol. The number of hydrogen-bond acceptors (Lipinski definition) is 3. The van der Waals surface area contributed by atoms with Crippen LogP contribution in [0.5, 0.6) is 0 Å². The SMILES string of the molecule is CCn1cc(COC2(CN)CCCC2)cn1. The van der Waals surface area contributed by atoms with Crippen LogP contribution in [0, 0.1) is 0 Å². The van der Waals surface area contributed by atoms with Crippen molar-refractivity contribution in [1.29, 1.82) is 0 Å². The number of aromatic nitrogens is 2. The maximum Gasteiger partial charge on any atom is 0.0808 e. The number of nitrogens with zero attached hydrogens (tertiary/aromatic N) is 2. The second-order valence-electron chi connectivity index (χ2n) is 4.59. The Hall–Kier alpha value is -0.870. The molecule has 1 heterocycles. The van der Waals surface area contributed by atoms with Gasteiger partial charge in [0.15, 0.2) is 0 Å². The van der Waals surface area contributed by atoms with Crippen molar-refractivity contribution in [3.63, 3.8) is 0 Å². The fourth-order valence-electron chi connectivity index (χ4n) is 2.32. The molecule has 0 bridgehead atoms. The van der Waals surface area contributed by atoms with Crippen molar-refractivity contribution in [2.45, 2.75) is 51.4 Å². The van der Waals surface area contributed by atoms with Crippen LogP contribution in [-0.4, -0.2) is 21.9 Å². The highest BCUT2D eigenvalue weighted by atomic mass is 16.5. The lowest BCUT2D eigenvalue weighted by molar-refractivity contribution is -0.0448. The van der Waals surface area contributed by atoms with Crippen LogP contribution in [0.15, 0.2) is 12.4 Å². The molecule has 16 heavy (non-hydrogen) atoms. The summed E-state index contributed by atoms with van der Waals surface area (Å²) in [5.41, 5.74) is 6.90. The molecule has 4 nitrogen and oxygen atoms in total. The first-order valence-electron chi connectivity index (χ1n) is 6.13. The van der Waals surface area contributed by atoms with Crippen LogP contribution in [0.1, 0.15) is 38.2 Å². The zero-order valence-electron chi connectivity index (χ0n) is 9.98. The van der Waals surface area contributed by atoms with Gasteiger partial charge in [0.1, 0.15) is 0 Å². The molecule has 1 aliphatic carbocycles. The molecule has 2 N–H and O–H groups in total. The summed E-state index contributed by atoms with van der Waals surface area (Å²) in [4.78, 5) is 0. The summed E-state index contributed by atoms with van der Waals surface area (Å²) < 4.78 is 7.92. The fourth-order valence-corrected chi connectivity index (χ4v) is 2.32. The quantitative estimate of drug-likeness (QED) is 0.826. The summed E-state index contributed by atoms with van der Waals surface area (Å²) >= 11 is 0. The van der Waals surface area contributed by atoms with Crippen LogP contribution in [0.25, 0.3) is 0 Å². The molecule has 1 fully saturated rings. The standard InChI is InChI=1S/C12H21N3O/c1-2-15-8-11(7-14-15)9-16-12(10-13)5-3-4-6-12/h7-8H,2-6,9-10,13H2,1H3. The Balaban J connectivity index is 1.90. The van der Waals surface area contributed by atoms with Gasteiger partial charge in [-0.3, -0.25) is 4.68 Å². The lowest BCUT2D eigenvalue weighted by atomic mass is 10.0. The number of rotatable bonds is 5. The molecular weight excluding hydrogens is 202 g/mol. The summed E-state index contributed by atoms with van der Waals surface area (Å²) in [5.74, 6) is 0. The number of ether oxygens (including phenoxy) is 1. The molecule has 0 radical (unpaired) electrons. The van der Waals surface area contributed by atoms with Gasteiger partial charge in [0, 0.05) is 24.8 Å². The van der Waals surface area contributed by atoms with Gasteiger partial charge >= 0.3 is 0 Å². The number of hydrogen-bond donors (Lipinski definition) is 1. The van der Waals surface area contributed by atoms with Crippen LogP contribution >= 0.6 is 0 Å². The second-order valence-corrected chi connectivity index (χ2v) is 4.59. The predicted molar refractivity (Wildman–Crippen MR) is 62.9 cm³/mol. The van der Waals surface area contributed by atoms with Gasteiger partial charge in [0.2, 0.25) is 0 Å². The average Bonchev–Trinajstić information content (AvgIpc) is 2.96. The van der Waals surface area contributed by atoms with Crippen molar-refractivity contribution in [1.82, 2.24) is 9.78 Å². The van der Waals surface area contributed by atoms with E-state index < -0.39 is 0 Å². The van der Waals surface area contributed by atoms with E-state index >= 15 is 0 Å². The van der Waals surface area contributed by atoms with Crippen molar-refractivity contribution in [2.75, 3.05) is 6.54 Å². The summed E-state index contributed by atoms with van der Waals surface area (Å²) in [7, 11) is 0. The van der Waals surface area contributed by atoms with E-state index in [1.807, 2.05) is 17.1 Å². The molecule has 0 aromatic carbocycles. The monoisotopic (exact) mass is 223 g/mol. The van der Waals surface area contributed by atoms with E-state index in [1.54, 1.807) is 0 Å².